The Labute approximate surface area is 94.7 Å². The highest BCUT2D eigenvalue weighted by molar-refractivity contribution is 7.80. The number of nitrogens with zero attached hydrogens (tertiary/aromatic N) is 2. The number of benzene rings is 1. The number of rotatable bonds is 3. The molecule has 0 bridgehead atoms. The molecular weight excluding hydrogens is 204 g/mol. The number of aromatic nitrogens is 2. The van der Waals surface area contributed by atoms with Crippen molar-refractivity contribution < 1.29 is 0 Å². The summed E-state index contributed by atoms with van der Waals surface area (Å²) in [5.41, 5.74) is 2.31. The summed E-state index contributed by atoms with van der Waals surface area (Å²) < 4.78 is 1.98. The standard InChI is InChI=1S/C12H12N2S/c15-9-1-2-11-3-5-12(6-4-11)14-8-7-13-10-14/h1-8,10,15H,9H2. The van der Waals surface area contributed by atoms with Gasteiger partial charge in [-0.05, 0) is 17.7 Å². The molecule has 0 N–H and O–H groups in total. The lowest BCUT2D eigenvalue weighted by Gasteiger charge is -2.01. The summed E-state index contributed by atoms with van der Waals surface area (Å²) in [6.45, 7) is 0. The fourth-order valence-corrected chi connectivity index (χ4v) is 1.46. The van der Waals surface area contributed by atoms with Gasteiger partial charge in [-0.1, -0.05) is 24.3 Å². The molecule has 0 radical (unpaired) electrons. The zero-order valence-electron chi connectivity index (χ0n) is 8.24. The lowest BCUT2D eigenvalue weighted by molar-refractivity contribution is 1.06. The van der Waals surface area contributed by atoms with Crippen molar-refractivity contribution in [3.8, 4) is 5.69 Å². The molecule has 2 nitrogen and oxygen atoms in total. The van der Waals surface area contributed by atoms with E-state index in [-0.39, 0.29) is 0 Å². The van der Waals surface area contributed by atoms with Gasteiger partial charge in [-0.3, -0.25) is 0 Å². The monoisotopic (exact) mass is 216 g/mol. The van der Waals surface area contributed by atoms with Crippen LogP contribution in [-0.4, -0.2) is 15.3 Å². The molecule has 0 atom stereocenters. The fourth-order valence-electron chi connectivity index (χ4n) is 1.36. The van der Waals surface area contributed by atoms with Crippen LogP contribution in [0.25, 0.3) is 11.8 Å². The summed E-state index contributed by atoms with van der Waals surface area (Å²) in [5.74, 6) is 0.767. The maximum absolute atomic E-state index is 4.12. The lowest BCUT2D eigenvalue weighted by Crippen LogP contribution is -1.88. The summed E-state index contributed by atoms with van der Waals surface area (Å²) in [6, 6.07) is 8.30. The van der Waals surface area contributed by atoms with Crippen molar-refractivity contribution in [2.24, 2.45) is 0 Å². The van der Waals surface area contributed by atoms with Crippen LogP contribution in [-0.2, 0) is 0 Å². The summed E-state index contributed by atoms with van der Waals surface area (Å²) in [7, 11) is 0. The molecule has 3 heteroatoms. The molecule has 0 aliphatic carbocycles. The van der Waals surface area contributed by atoms with Gasteiger partial charge in [0.1, 0.15) is 0 Å². The molecule has 15 heavy (non-hydrogen) atoms. The highest BCUT2D eigenvalue weighted by atomic mass is 32.1. The van der Waals surface area contributed by atoms with Crippen LogP contribution in [0.5, 0.6) is 0 Å². The quantitative estimate of drug-likeness (QED) is 0.781. The average molecular weight is 216 g/mol. The van der Waals surface area contributed by atoms with Gasteiger partial charge in [-0.2, -0.15) is 12.6 Å². The van der Waals surface area contributed by atoms with Crippen molar-refractivity contribution in [1.29, 1.82) is 0 Å². The van der Waals surface area contributed by atoms with E-state index in [0.717, 1.165) is 11.4 Å². The molecule has 0 saturated carbocycles. The second-order valence-corrected chi connectivity index (χ2v) is 3.51. The van der Waals surface area contributed by atoms with Gasteiger partial charge in [-0.15, -0.1) is 0 Å². The molecule has 2 aromatic rings. The Morgan fingerprint density at radius 2 is 2.07 bits per heavy atom. The number of thiol groups is 1. The van der Waals surface area contributed by atoms with Gasteiger partial charge < -0.3 is 4.57 Å². The van der Waals surface area contributed by atoms with Gasteiger partial charge in [0, 0.05) is 23.8 Å². The molecule has 0 fully saturated rings. The summed E-state index contributed by atoms with van der Waals surface area (Å²) in [5, 5.41) is 0. The van der Waals surface area contributed by atoms with Gasteiger partial charge in [0.25, 0.3) is 0 Å². The van der Waals surface area contributed by atoms with Gasteiger partial charge in [0.05, 0.1) is 6.33 Å². The van der Waals surface area contributed by atoms with E-state index in [1.54, 1.807) is 12.5 Å². The zero-order valence-corrected chi connectivity index (χ0v) is 9.14. The SMILES string of the molecule is SCC=Cc1ccc(-n2ccnc2)cc1. The first kappa shape index (κ1) is 10.1. The zero-order chi connectivity index (χ0) is 10.5. The van der Waals surface area contributed by atoms with Gasteiger partial charge in [0.15, 0.2) is 0 Å². The van der Waals surface area contributed by atoms with E-state index in [0.29, 0.717) is 0 Å². The maximum atomic E-state index is 4.12. The van der Waals surface area contributed by atoms with Gasteiger partial charge >= 0.3 is 0 Å². The molecule has 1 aromatic heterocycles. The third-order valence-corrected chi connectivity index (χ3v) is 2.32. The van der Waals surface area contributed by atoms with Crippen LogP contribution in [0, 0.1) is 0 Å². The highest BCUT2D eigenvalue weighted by Crippen LogP contribution is 2.10. The molecule has 0 saturated heterocycles. The summed E-state index contributed by atoms with van der Waals surface area (Å²) in [6.07, 6.45) is 9.58. The second-order valence-electron chi connectivity index (χ2n) is 3.15. The number of hydrogen-bond donors (Lipinski definition) is 1. The fraction of sp³-hybridized carbons (Fsp3) is 0.0833. The molecule has 0 amide bonds. The van der Waals surface area contributed by atoms with Crippen molar-refractivity contribution in [3.63, 3.8) is 0 Å². The first-order chi connectivity index (χ1) is 7.40. The molecule has 0 spiro atoms. The predicted molar refractivity (Wildman–Crippen MR) is 66.5 cm³/mol. The van der Waals surface area contributed by atoms with Crippen LogP contribution in [0.1, 0.15) is 5.56 Å². The minimum Gasteiger partial charge on any atom is -0.306 e. The molecule has 1 aromatic carbocycles. The Bertz CT molecular complexity index is 429. The largest absolute Gasteiger partial charge is 0.306 e. The molecule has 0 aliphatic rings. The highest BCUT2D eigenvalue weighted by Gasteiger charge is 1.93. The third kappa shape index (κ3) is 2.50. The van der Waals surface area contributed by atoms with Crippen LogP contribution < -0.4 is 0 Å². The third-order valence-electron chi connectivity index (χ3n) is 2.11. The normalized spacial score (nSPS) is 11.0. The van der Waals surface area contributed by atoms with E-state index in [2.05, 4.69) is 48.0 Å². The van der Waals surface area contributed by atoms with Crippen LogP contribution in [0.4, 0.5) is 0 Å². The van der Waals surface area contributed by atoms with Crippen molar-refractivity contribution in [2.75, 3.05) is 5.75 Å². The lowest BCUT2D eigenvalue weighted by atomic mass is 10.2. The predicted octanol–water partition coefficient (Wildman–Crippen LogP) is 2.82. The Balaban J connectivity index is 2.21. The topological polar surface area (TPSA) is 17.8 Å². The van der Waals surface area contributed by atoms with Gasteiger partial charge in [0.2, 0.25) is 0 Å². The number of hydrogen-bond acceptors (Lipinski definition) is 2. The summed E-state index contributed by atoms with van der Waals surface area (Å²) >= 11 is 4.12. The van der Waals surface area contributed by atoms with Crippen LogP contribution in [0.3, 0.4) is 0 Å². The molecule has 2 rings (SSSR count). The first-order valence-corrected chi connectivity index (χ1v) is 5.39. The van der Waals surface area contributed by atoms with E-state index in [1.807, 2.05) is 16.8 Å². The van der Waals surface area contributed by atoms with E-state index in [9.17, 15) is 0 Å². The Kier molecular flexibility index (Phi) is 3.25. The first-order valence-electron chi connectivity index (χ1n) is 4.76. The van der Waals surface area contributed by atoms with Crippen molar-refractivity contribution >= 4 is 18.7 Å². The molecule has 0 unspecified atom stereocenters. The Morgan fingerprint density at radius 3 is 2.67 bits per heavy atom. The van der Waals surface area contributed by atoms with Crippen molar-refractivity contribution in [3.05, 3.63) is 54.6 Å². The van der Waals surface area contributed by atoms with E-state index < -0.39 is 0 Å². The molecule has 0 aliphatic heterocycles. The second kappa shape index (κ2) is 4.84. The van der Waals surface area contributed by atoms with Crippen molar-refractivity contribution in [1.82, 2.24) is 9.55 Å². The van der Waals surface area contributed by atoms with Crippen LogP contribution in [0.2, 0.25) is 0 Å². The van der Waals surface area contributed by atoms with Gasteiger partial charge in [-0.25, -0.2) is 4.98 Å². The molecule has 1 heterocycles. The average Bonchev–Trinajstić information content (AvgIpc) is 2.80. The Hall–Kier alpha value is -1.48. The van der Waals surface area contributed by atoms with Crippen LogP contribution in [0.15, 0.2) is 49.1 Å². The van der Waals surface area contributed by atoms with Crippen molar-refractivity contribution in [2.45, 2.75) is 0 Å². The Morgan fingerprint density at radius 1 is 1.27 bits per heavy atom. The summed E-state index contributed by atoms with van der Waals surface area (Å²) in [4.78, 5) is 4.01. The molecular formula is C12H12N2S. The minimum absolute atomic E-state index is 0.767. The maximum Gasteiger partial charge on any atom is 0.0991 e. The van der Waals surface area contributed by atoms with E-state index >= 15 is 0 Å². The number of imidazole rings is 1. The van der Waals surface area contributed by atoms with E-state index in [4.69, 9.17) is 0 Å². The van der Waals surface area contributed by atoms with E-state index in [1.165, 1.54) is 5.56 Å². The smallest absolute Gasteiger partial charge is 0.0991 e. The van der Waals surface area contributed by atoms with Crippen LogP contribution >= 0.6 is 12.6 Å². The minimum atomic E-state index is 0.767. The molecule has 76 valence electrons.